The lowest BCUT2D eigenvalue weighted by atomic mass is 9.83. The van der Waals surface area contributed by atoms with Crippen molar-refractivity contribution in [3.8, 4) is 11.5 Å². The summed E-state index contributed by atoms with van der Waals surface area (Å²) in [5, 5.41) is 2.91. The molecule has 0 unspecified atom stereocenters. The first kappa shape index (κ1) is 17.6. The highest BCUT2D eigenvalue weighted by Gasteiger charge is 2.30. The summed E-state index contributed by atoms with van der Waals surface area (Å²) in [7, 11) is 0. The lowest BCUT2D eigenvalue weighted by molar-refractivity contribution is -0.125. The zero-order valence-electron chi connectivity index (χ0n) is 12.5. The van der Waals surface area contributed by atoms with Gasteiger partial charge in [-0.25, -0.2) is 0 Å². The van der Waals surface area contributed by atoms with Crippen molar-refractivity contribution in [3.05, 3.63) is 23.8 Å². The van der Waals surface area contributed by atoms with Gasteiger partial charge >= 0.3 is 0 Å². The van der Waals surface area contributed by atoms with Crippen LogP contribution in [0.1, 0.15) is 25.8 Å². The molecule has 6 heteroatoms. The van der Waals surface area contributed by atoms with Gasteiger partial charge in [-0.2, -0.15) is 0 Å². The van der Waals surface area contributed by atoms with Gasteiger partial charge in [-0.05, 0) is 44.5 Å². The van der Waals surface area contributed by atoms with Crippen LogP contribution in [0.25, 0.3) is 0 Å². The molecule has 0 aromatic heterocycles. The molecule has 0 aliphatic carbocycles. The Balaban J connectivity index is 0.00000220. The van der Waals surface area contributed by atoms with Crippen molar-refractivity contribution in [3.63, 3.8) is 0 Å². The highest BCUT2D eigenvalue weighted by molar-refractivity contribution is 5.87. The van der Waals surface area contributed by atoms with Gasteiger partial charge in [0.1, 0.15) is 13.2 Å². The molecule has 0 atom stereocenters. The van der Waals surface area contributed by atoms with Crippen LogP contribution in [0.4, 0.5) is 0 Å². The van der Waals surface area contributed by atoms with Crippen molar-refractivity contribution >= 4 is 18.3 Å². The van der Waals surface area contributed by atoms with E-state index in [2.05, 4.69) is 5.32 Å². The van der Waals surface area contributed by atoms with Crippen molar-refractivity contribution in [2.24, 2.45) is 5.73 Å². The molecule has 0 radical (unpaired) electrons. The van der Waals surface area contributed by atoms with E-state index in [0.717, 1.165) is 17.7 Å². The molecule has 1 amide bonds. The third-order valence-electron chi connectivity index (χ3n) is 3.50. The van der Waals surface area contributed by atoms with Crippen molar-refractivity contribution in [2.75, 3.05) is 26.3 Å². The molecule has 1 aliphatic rings. The van der Waals surface area contributed by atoms with E-state index >= 15 is 0 Å². The van der Waals surface area contributed by atoms with E-state index < -0.39 is 5.41 Å². The molecule has 0 spiro atoms. The van der Waals surface area contributed by atoms with Gasteiger partial charge < -0.3 is 20.5 Å². The van der Waals surface area contributed by atoms with Crippen molar-refractivity contribution in [1.82, 2.24) is 5.32 Å². The molecular formula is C15H23ClN2O3. The summed E-state index contributed by atoms with van der Waals surface area (Å²) in [6, 6.07) is 5.66. The van der Waals surface area contributed by atoms with E-state index in [1.807, 2.05) is 32.0 Å². The lowest BCUT2D eigenvalue weighted by Gasteiger charge is -2.26. The Hall–Kier alpha value is -1.46. The molecule has 21 heavy (non-hydrogen) atoms. The van der Waals surface area contributed by atoms with Gasteiger partial charge in [-0.3, -0.25) is 4.79 Å². The van der Waals surface area contributed by atoms with E-state index in [0.29, 0.717) is 32.1 Å². The van der Waals surface area contributed by atoms with Crippen molar-refractivity contribution in [2.45, 2.75) is 25.7 Å². The second-order valence-electron chi connectivity index (χ2n) is 5.38. The predicted octanol–water partition coefficient (Wildman–Crippen LogP) is 1.62. The van der Waals surface area contributed by atoms with E-state index in [-0.39, 0.29) is 18.3 Å². The van der Waals surface area contributed by atoms with Gasteiger partial charge in [0.2, 0.25) is 5.91 Å². The molecule has 5 nitrogen and oxygen atoms in total. The summed E-state index contributed by atoms with van der Waals surface area (Å²) in [4.78, 5) is 12.3. The largest absolute Gasteiger partial charge is 0.486 e. The van der Waals surface area contributed by atoms with Crippen LogP contribution in [0.3, 0.4) is 0 Å². The number of hydrogen-bond donors (Lipinski definition) is 2. The SMILES string of the molecule is CC(C)(C(=O)NCCCN)c1ccc2c(c1)OCCO2.Cl. The number of benzene rings is 1. The Labute approximate surface area is 131 Å². The maximum Gasteiger partial charge on any atom is 0.230 e. The first-order valence-electron chi connectivity index (χ1n) is 6.94. The fraction of sp³-hybridized carbons (Fsp3) is 0.533. The third-order valence-corrected chi connectivity index (χ3v) is 3.50. The molecule has 1 heterocycles. The van der Waals surface area contributed by atoms with E-state index in [1.165, 1.54) is 0 Å². The van der Waals surface area contributed by atoms with Crippen LogP contribution in [0, 0.1) is 0 Å². The number of rotatable bonds is 5. The monoisotopic (exact) mass is 314 g/mol. The number of carbonyl (C=O) groups excluding carboxylic acids is 1. The van der Waals surface area contributed by atoms with Crippen LogP contribution >= 0.6 is 12.4 Å². The van der Waals surface area contributed by atoms with Crippen LogP contribution in [0.5, 0.6) is 11.5 Å². The summed E-state index contributed by atoms with van der Waals surface area (Å²) < 4.78 is 11.1. The minimum absolute atomic E-state index is 0. The molecular weight excluding hydrogens is 292 g/mol. The molecule has 1 aromatic rings. The summed E-state index contributed by atoms with van der Waals surface area (Å²) in [5.74, 6) is 1.43. The maximum atomic E-state index is 12.3. The average Bonchev–Trinajstić information content (AvgIpc) is 2.46. The van der Waals surface area contributed by atoms with Crippen LogP contribution in [0.2, 0.25) is 0 Å². The molecule has 1 aromatic carbocycles. The van der Waals surface area contributed by atoms with Crippen LogP contribution < -0.4 is 20.5 Å². The Morgan fingerprint density at radius 1 is 1.29 bits per heavy atom. The first-order chi connectivity index (χ1) is 9.55. The first-order valence-corrected chi connectivity index (χ1v) is 6.94. The van der Waals surface area contributed by atoms with Gasteiger partial charge in [0.15, 0.2) is 11.5 Å². The Morgan fingerprint density at radius 2 is 1.95 bits per heavy atom. The zero-order chi connectivity index (χ0) is 14.6. The molecule has 0 fully saturated rings. The number of amides is 1. The number of fused-ring (bicyclic) bond motifs is 1. The molecule has 3 N–H and O–H groups in total. The highest BCUT2D eigenvalue weighted by Crippen LogP contribution is 2.35. The fourth-order valence-corrected chi connectivity index (χ4v) is 2.09. The predicted molar refractivity (Wildman–Crippen MR) is 84.4 cm³/mol. The summed E-state index contributed by atoms with van der Waals surface area (Å²) >= 11 is 0. The second-order valence-corrected chi connectivity index (χ2v) is 5.38. The Bertz CT molecular complexity index is 492. The minimum atomic E-state index is -0.621. The fourth-order valence-electron chi connectivity index (χ4n) is 2.09. The van der Waals surface area contributed by atoms with Crippen LogP contribution in [0.15, 0.2) is 18.2 Å². The number of ether oxygens (including phenoxy) is 2. The summed E-state index contributed by atoms with van der Waals surface area (Å²) in [6.07, 6.45) is 0.781. The summed E-state index contributed by atoms with van der Waals surface area (Å²) in [6.45, 7) is 6.08. The van der Waals surface area contributed by atoms with Crippen molar-refractivity contribution < 1.29 is 14.3 Å². The highest BCUT2D eigenvalue weighted by atomic mass is 35.5. The number of hydrogen-bond acceptors (Lipinski definition) is 4. The van der Waals surface area contributed by atoms with Gasteiger partial charge in [-0.15, -0.1) is 12.4 Å². The van der Waals surface area contributed by atoms with Crippen LogP contribution in [-0.4, -0.2) is 32.2 Å². The van der Waals surface area contributed by atoms with E-state index in [1.54, 1.807) is 0 Å². The third kappa shape index (κ3) is 4.02. The second kappa shape index (κ2) is 7.52. The smallest absolute Gasteiger partial charge is 0.230 e. The molecule has 0 saturated carbocycles. The molecule has 118 valence electrons. The van der Waals surface area contributed by atoms with Gasteiger partial charge in [0.25, 0.3) is 0 Å². The Kier molecular flexibility index (Phi) is 6.30. The minimum Gasteiger partial charge on any atom is -0.486 e. The van der Waals surface area contributed by atoms with E-state index in [4.69, 9.17) is 15.2 Å². The van der Waals surface area contributed by atoms with Crippen molar-refractivity contribution in [1.29, 1.82) is 0 Å². The van der Waals surface area contributed by atoms with Gasteiger partial charge in [-0.1, -0.05) is 6.07 Å². The number of halogens is 1. The molecule has 1 aliphatic heterocycles. The van der Waals surface area contributed by atoms with Gasteiger partial charge in [0.05, 0.1) is 5.41 Å². The molecule has 0 saturated heterocycles. The number of carbonyl (C=O) groups is 1. The lowest BCUT2D eigenvalue weighted by Crippen LogP contribution is -2.40. The number of nitrogens with one attached hydrogen (secondary N) is 1. The normalized spacial score (nSPS) is 13.3. The Morgan fingerprint density at radius 3 is 2.62 bits per heavy atom. The quantitative estimate of drug-likeness (QED) is 0.810. The maximum absolute atomic E-state index is 12.3. The standard InChI is InChI=1S/C15H22N2O3.ClH/c1-15(2,14(18)17-7-3-6-16)11-4-5-12-13(10-11)20-9-8-19-12;/h4-5,10H,3,6-9,16H2,1-2H3,(H,17,18);1H. The topological polar surface area (TPSA) is 73.6 Å². The average molecular weight is 315 g/mol. The zero-order valence-corrected chi connectivity index (χ0v) is 13.3. The van der Waals surface area contributed by atoms with Crippen LogP contribution in [-0.2, 0) is 10.2 Å². The molecule has 0 bridgehead atoms. The van der Waals surface area contributed by atoms with Gasteiger partial charge in [0, 0.05) is 6.54 Å². The number of nitrogens with two attached hydrogens (primary N) is 1. The summed E-state index contributed by atoms with van der Waals surface area (Å²) in [5.41, 5.74) is 5.72. The molecule has 2 rings (SSSR count). The van der Waals surface area contributed by atoms with E-state index in [9.17, 15) is 4.79 Å².